The molecule has 0 atom stereocenters. The van der Waals surface area contributed by atoms with Crippen LogP contribution in [0.2, 0.25) is 0 Å². The zero-order chi connectivity index (χ0) is 19.4. The molecule has 0 bridgehead atoms. The predicted octanol–water partition coefficient (Wildman–Crippen LogP) is 3.81. The average Bonchev–Trinajstić information content (AvgIpc) is 2.65. The monoisotopic (exact) mass is 459 g/mol. The number of carbonyl (C=O) groups excluding carboxylic acids is 2. The summed E-state index contributed by atoms with van der Waals surface area (Å²) in [5, 5.41) is 3.31. The van der Waals surface area contributed by atoms with Gasteiger partial charge in [0.05, 0.1) is 0 Å². The first-order valence-electron chi connectivity index (χ1n) is 7.88. The van der Waals surface area contributed by atoms with E-state index < -0.39 is 11.8 Å². The highest BCUT2D eigenvalue weighted by molar-refractivity contribution is 9.10. The molecule has 27 heavy (non-hydrogen) atoms. The van der Waals surface area contributed by atoms with Gasteiger partial charge in [-0.1, -0.05) is 39.8 Å². The molecular weight excluding hydrogens is 446 g/mol. The van der Waals surface area contributed by atoms with Gasteiger partial charge in [-0.25, -0.2) is 4.98 Å². The van der Waals surface area contributed by atoms with E-state index >= 15 is 0 Å². The number of amides is 2. The number of hydrogen-bond acceptors (Lipinski definition) is 5. The van der Waals surface area contributed by atoms with Gasteiger partial charge in [0, 0.05) is 27.7 Å². The Morgan fingerprint density at radius 2 is 2.00 bits per heavy atom. The Morgan fingerprint density at radius 3 is 2.70 bits per heavy atom. The number of hydrogen-bond donors (Lipinski definition) is 1. The molecule has 2 aromatic rings. The highest BCUT2D eigenvalue weighted by Gasteiger charge is 2.32. The van der Waals surface area contributed by atoms with Crippen LogP contribution < -0.4 is 5.32 Å². The smallest absolute Gasteiger partial charge is 0.265 e. The fourth-order valence-corrected chi connectivity index (χ4v) is 3.73. The van der Waals surface area contributed by atoms with Crippen molar-refractivity contribution in [3.8, 4) is 0 Å². The van der Waals surface area contributed by atoms with Crippen LogP contribution in [0.4, 0.5) is 0 Å². The topological polar surface area (TPSA) is 62.3 Å². The summed E-state index contributed by atoms with van der Waals surface area (Å²) in [5.41, 5.74) is 0.686. The molecule has 1 saturated heterocycles. The second-order valence-electron chi connectivity index (χ2n) is 5.48. The third-order valence-corrected chi connectivity index (χ3v) is 5.52. The maximum Gasteiger partial charge on any atom is 0.265 e. The number of carbonyl (C=O) groups is 2. The Balaban J connectivity index is 1.95. The molecule has 0 aliphatic carbocycles. The summed E-state index contributed by atoms with van der Waals surface area (Å²) in [6.45, 7) is 3.84. The van der Waals surface area contributed by atoms with Crippen molar-refractivity contribution in [3.05, 3.63) is 70.9 Å². The second kappa shape index (κ2) is 8.60. The van der Waals surface area contributed by atoms with Crippen molar-refractivity contribution in [2.75, 3.05) is 6.54 Å². The van der Waals surface area contributed by atoms with Crippen LogP contribution in [0.3, 0.4) is 0 Å². The summed E-state index contributed by atoms with van der Waals surface area (Å²) in [5.74, 6) is -0.971. The van der Waals surface area contributed by atoms with Gasteiger partial charge in [-0.2, -0.15) is 0 Å². The van der Waals surface area contributed by atoms with Crippen molar-refractivity contribution in [1.82, 2.24) is 15.2 Å². The molecule has 5 nitrogen and oxygen atoms in total. The average molecular weight is 460 g/mol. The Morgan fingerprint density at radius 1 is 1.26 bits per heavy atom. The Bertz CT molecular complexity index is 958. The maximum atomic E-state index is 12.7. The SMILES string of the molecule is C=CCN1C(=O)/C(=C\c2cccnc2Sc2ccc(Br)cc2)C(=O)NC1=S. The van der Waals surface area contributed by atoms with E-state index in [4.69, 9.17) is 12.2 Å². The van der Waals surface area contributed by atoms with Gasteiger partial charge in [0.1, 0.15) is 10.6 Å². The largest absolute Gasteiger partial charge is 0.298 e. The highest BCUT2D eigenvalue weighted by atomic mass is 79.9. The van der Waals surface area contributed by atoms with Crippen LogP contribution in [-0.2, 0) is 9.59 Å². The number of nitrogens with one attached hydrogen (secondary N) is 1. The van der Waals surface area contributed by atoms with E-state index in [2.05, 4.69) is 32.8 Å². The Kier molecular flexibility index (Phi) is 6.20. The third-order valence-electron chi connectivity index (χ3n) is 3.63. The van der Waals surface area contributed by atoms with Crippen molar-refractivity contribution in [1.29, 1.82) is 0 Å². The summed E-state index contributed by atoms with van der Waals surface area (Å²) in [6.07, 6.45) is 4.77. The van der Waals surface area contributed by atoms with Gasteiger partial charge in [-0.05, 0) is 48.6 Å². The quantitative estimate of drug-likeness (QED) is 0.318. The lowest BCUT2D eigenvalue weighted by molar-refractivity contribution is -0.128. The van der Waals surface area contributed by atoms with Gasteiger partial charge in [0.2, 0.25) is 0 Å². The normalized spacial score (nSPS) is 15.8. The lowest BCUT2D eigenvalue weighted by Crippen LogP contribution is -2.53. The molecule has 3 rings (SSSR count). The minimum absolute atomic E-state index is 0.0103. The second-order valence-corrected chi connectivity index (χ2v) is 7.84. The van der Waals surface area contributed by atoms with Gasteiger partial charge in [0.15, 0.2) is 5.11 Å². The maximum absolute atomic E-state index is 12.7. The standard InChI is InChI=1S/C19H14BrN3O2S2/c1-2-10-23-18(25)15(16(24)22-19(23)26)11-12-4-3-9-21-17(12)27-14-7-5-13(20)6-8-14/h2-9,11H,1,10H2,(H,22,24,26)/b15-11-. The third kappa shape index (κ3) is 4.52. The minimum Gasteiger partial charge on any atom is -0.298 e. The van der Waals surface area contributed by atoms with Crippen LogP contribution in [0, 0.1) is 0 Å². The van der Waals surface area contributed by atoms with Crippen LogP contribution in [0.5, 0.6) is 0 Å². The first-order valence-corrected chi connectivity index (χ1v) is 9.89. The van der Waals surface area contributed by atoms with Crippen LogP contribution in [-0.4, -0.2) is 33.4 Å². The molecule has 1 N–H and O–H groups in total. The summed E-state index contributed by atoms with van der Waals surface area (Å²) in [7, 11) is 0. The van der Waals surface area contributed by atoms with Crippen LogP contribution in [0.15, 0.2) is 75.2 Å². The number of thiocarbonyl (C=S) groups is 1. The van der Waals surface area contributed by atoms with E-state index in [9.17, 15) is 9.59 Å². The van der Waals surface area contributed by atoms with Crippen LogP contribution in [0.1, 0.15) is 5.56 Å². The van der Waals surface area contributed by atoms with Gasteiger partial charge in [-0.15, -0.1) is 6.58 Å². The predicted molar refractivity (Wildman–Crippen MR) is 113 cm³/mol. The molecule has 136 valence electrons. The van der Waals surface area contributed by atoms with Crippen LogP contribution >= 0.6 is 39.9 Å². The molecule has 1 aliphatic rings. The van der Waals surface area contributed by atoms with Crippen molar-refractivity contribution in [2.45, 2.75) is 9.92 Å². The number of benzene rings is 1. The number of halogens is 1. The summed E-state index contributed by atoms with van der Waals surface area (Å²) in [6, 6.07) is 11.4. The lowest BCUT2D eigenvalue weighted by Gasteiger charge is -2.27. The summed E-state index contributed by atoms with van der Waals surface area (Å²) in [4.78, 5) is 31.7. The van der Waals surface area contributed by atoms with Crippen LogP contribution in [0.25, 0.3) is 6.08 Å². The Hall–Kier alpha value is -2.29. The first-order chi connectivity index (χ1) is 13.0. The molecule has 1 aromatic heterocycles. The molecule has 2 heterocycles. The molecule has 2 amide bonds. The molecule has 0 unspecified atom stereocenters. The lowest BCUT2D eigenvalue weighted by atomic mass is 10.1. The molecule has 0 spiro atoms. The van der Waals surface area contributed by atoms with Crippen molar-refractivity contribution >= 4 is 62.9 Å². The van der Waals surface area contributed by atoms with E-state index in [0.29, 0.717) is 10.6 Å². The van der Waals surface area contributed by atoms with E-state index in [1.165, 1.54) is 16.7 Å². The molecule has 8 heteroatoms. The molecule has 0 radical (unpaired) electrons. The fraction of sp³-hybridized carbons (Fsp3) is 0.0526. The van der Waals surface area contributed by atoms with Crippen molar-refractivity contribution < 1.29 is 9.59 Å². The number of aromatic nitrogens is 1. The fourth-order valence-electron chi connectivity index (χ4n) is 2.36. The molecule has 0 saturated carbocycles. The first kappa shape index (κ1) is 19.5. The number of pyridine rings is 1. The number of nitrogens with zero attached hydrogens (tertiary/aromatic N) is 2. The number of rotatable bonds is 5. The van der Waals surface area contributed by atoms with Gasteiger partial charge >= 0.3 is 0 Å². The summed E-state index contributed by atoms with van der Waals surface area (Å²) < 4.78 is 0.984. The van der Waals surface area contributed by atoms with Gasteiger partial charge in [0.25, 0.3) is 11.8 Å². The van der Waals surface area contributed by atoms with E-state index in [1.807, 2.05) is 30.3 Å². The summed E-state index contributed by atoms with van der Waals surface area (Å²) >= 11 is 9.92. The molecule has 1 aromatic carbocycles. The zero-order valence-corrected chi connectivity index (χ0v) is 17.2. The molecule has 1 aliphatic heterocycles. The van der Waals surface area contributed by atoms with Crippen molar-refractivity contribution in [2.24, 2.45) is 0 Å². The molecule has 1 fully saturated rings. The van der Waals surface area contributed by atoms with E-state index in [-0.39, 0.29) is 17.2 Å². The highest BCUT2D eigenvalue weighted by Crippen LogP contribution is 2.31. The van der Waals surface area contributed by atoms with Gasteiger partial charge < -0.3 is 0 Å². The minimum atomic E-state index is -0.520. The molecular formula is C19H14BrN3O2S2. The zero-order valence-electron chi connectivity index (χ0n) is 14.0. The van der Waals surface area contributed by atoms with E-state index in [1.54, 1.807) is 24.4 Å². The van der Waals surface area contributed by atoms with Gasteiger partial charge in [-0.3, -0.25) is 19.8 Å². The Labute approximate surface area is 174 Å². The van der Waals surface area contributed by atoms with E-state index in [0.717, 1.165) is 9.37 Å². The van der Waals surface area contributed by atoms with Crippen molar-refractivity contribution in [3.63, 3.8) is 0 Å².